The highest BCUT2D eigenvalue weighted by atomic mass is 35.5. The standard InChI is InChI=1S/C17H13Cl2NO4S/c1-2-24-16-8-11(3-6-15(16)21)7-13(10-20)25(22,23)17-9-12(18)4-5-14(17)19/h3-9,21H,2H2,1H3/b13-7+. The van der Waals surface area contributed by atoms with Crippen molar-refractivity contribution in [2.45, 2.75) is 11.8 Å². The number of aromatic hydroxyl groups is 1. The molecule has 0 unspecified atom stereocenters. The summed E-state index contributed by atoms with van der Waals surface area (Å²) in [5.74, 6) is 0.102. The van der Waals surface area contributed by atoms with Gasteiger partial charge in [0.25, 0.3) is 0 Å². The molecule has 2 aromatic rings. The van der Waals surface area contributed by atoms with Crippen LogP contribution in [0, 0.1) is 11.3 Å². The topological polar surface area (TPSA) is 87.4 Å². The Morgan fingerprint density at radius 2 is 2.00 bits per heavy atom. The van der Waals surface area contributed by atoms with Crippen molar-refractivity contribution in [1.82, 2.24) is 0 Å². The molecule has 0 spiro atoms. The Kier molecular flexibility index (Phi) is 5.96. The van der Waals surface area contributed by atoms with Gasteiger partial charge >= 0.3 is 0 Å². The minimum Gasteiger partial charge on any atom is -0.504 e. The number of hydrogen-bond donors (Lipinski definition) is 1. The molecule has 0 aliphatic heterocycles. The molecule has 8 heteroatoms. The van der Waals surface area contributed by atoms with Gasteiger partial charge in [0.1, 0.15) is 11.0 Å². The summed E-state index contributed by atoms with van der Waals surface area (Å²) >= 11 is 11.8. The second-order valence-electron chi connectivity index (χ2n) is 4.86. The maximum Gasteiger partial charge on any atom is 0.218 e. The summed E-state index contributed by atoms with van der Waals surface area (Å²) in [5, 5.41) is 19.2. The summed E-state index contributed by atoms with van der Waals surface area (Å²) in [4.78, 5) is -0.761. The Morgan fingerprint density at radius 3 is 2.64 bits per heavy atom. The van der Waals surface area contributed by atoms with E-state index in [4.69, 9.17) is 27.9 Å². The second-order valence-corrected chi connectivity index (χ2v) is 7.59. The van der Waals surface area contributed by atoms with Gasteiger partial charge in [-0.05, 0) is 48.9 Å². The van der Waals surface area contributed by atoms with Gasteiger partial charge in [0.2, 0.25) is 9.84 Å². The van der Waals surface area contributed by atoms with Gasteiger partial charge in [-0.3, -0.25) is 0 Å². The van der Waals surface area contributed by atoms with Gasteiger partial charge < -0.3 is 9.84 Å². The number of ether oxygens (including phenoxy) is 1. The number of benzene rings is 2. The Balaban J connectivity index is 2.56. The molecule has 1 N–H and O–H groups in total. The molecule has 0 bridgehead atoms. The molecule has 0 amide bonds. The Hall–Kier alpha value is -2.20. The monoisotopic (exact) mass is 397 g/mol. The summed E-state index contributed by atoms with van der Waals surface area (Å²) in [6.45, 7) is 2.07. The Labute approximate surface area is 155 Å². The number of halogens is 2. The number of sulfone groups is 1. The highest BCUT2D eigenvalue weighted by Gasteiger charge is 2.24. The largest absolute Gasteiger partial charge is 0.504 e. The Morgan fingerprint density at radius 1 is 1.28 bits per heavy atom. The molecular weight excluding hydrogens is 385 g/mol. The zero-order chi connectivity index (χ0) is 18.6. The van der Waals surface area contributed by atoms with E-state index in [1.807, 2.05) is 0 Å². The molecule has 0 aromatic heterocycles. The molecule has 5 nitrogen and oxygen atoms in total. The minimum absolute atomic E-state index is 0.0359. The van der Waals surface area contributed by atoms with Crippen molar-refractivity contribution in [1.29, 1.82) is 5.26 Å². The van der Waals surface area contributed by atoms with Crippen LogP contribution < -0.4 is 4.74 Å². The smallest absolute Gasteiger partial charge is 0.218 e. The summed E-state index contributed by atoms with van der Waals surface area (Å²) < 4.78 is 30.7. The molecule has 2 aromatic carbocycles. The van der Waals surface area contributed by atoms with Crippen molar-refractivity contribution >= 4 is 39.1 Å². The van der Waals surface area contributed by atoms with E-state index in [9.17, 15) is 18.8 Å². The first kappa shape index (κ1) is 19.1. The molecule has 25 heavy (non-hydrogen) atoms. The highest BCUT2D eigenvalue weighted by molar-refractivity contribution is 7.95. The van der Waals surface area contributed by atoms with Crippen LogP contribution in [0.1, 0.15) is 12.5 Å². The molecule has 2 rings (SSSR count). The van der Waals surface area contributed by atoms with Crippen LogP contribution in [-0.4, -0.2) is 20.1 Å². The van der Waals surface area contributed by atoms with E-state index >= 15 is 0 Å². The zero-order valence-corrected chi connectivity index (χ0v) is 15.4. The second kappa shape index (κ2) is 7.79. The number of hydrogen-bond acceptors (Lipinski definition) is 5. The molecule has 0 aliphatic rings. The molecule has 0 saturated carbocycles. The number of phenolic OH excluding ortho intramolecular Hbond substituents is 1. The predicted octanol–water partition coefficient (Wildman–Crippen LogP) is 4.44. The maximum atomic E-state index is 12.7. The van der Waals surface area contributed by atoms with Gasteiger partial charge in [-0.15, -0.1) is 0 Å². The third-order valence-electron chi connectivity index (χ3n) is 3.16. The van der Waals surface area contributed by atoms with E-state index in [-0.39, 0.29) is 26.4 Å². The van der Waals surface area contributed by atoms with Crippen LogP contribution in [0.25, 0.3) is 6.08 Å². The average molecular weight is 398 g/mol. The lowest BCUT2D eigenvalue weighted by Gasteiger charge is -2.08. The molecule has 0 radical (unpaired) electrons. The van der Waals surface area contributed by atoms with Crippen LogP contribution >= 0.6 is 23.2 Å². The lowest BCUT2D eigenvalue weighted by atomic mass is 10.2. The lowest BCUT2D eigenvalue weighted by molar-refractivity contribution is 0.318. The first-order valence-corrected chi connectivity index (χ1v) is 9.31. The van der Waals surface area contributed by atoms with E-state index in [1.165, 1.54) is 42.5 Å². The van der Waals surface area contributed by atoms with Crippen LogP contribution in [0.4, 0.5) is 0 Å². The quantitative estimate of drug-likeness (QED) is 0.753. The van der Waals surface area contributed by atoms with Crippen molar-refractivity contribution in [3.63, 3.8) is 0 Å². The van der Waals surface area contributed by atoms with Crippen molar-refractivity contribution in [2.24, 2.45) is 0 Å². The molecule has 0 atom stereocenters. The van der Waals surface area contributed by atoms with Gasteiger partial charge in [0.05, 0.1) is 16.5 Å². The van der Waals surface area contributed by atoms with E-state index in [1.54, 1.807) is 13.0 Å². The van der Waals surface area contributed by atoms with Gasteiger partial charge in [0.15, 0.2) is 11.5 Å². The fourth-order valence-corrected chi connectivity index (χ4v) is 3.93. The van der Waals surface area contributed by atoms with Gasteiger partial charge in [0, 0.05) is 5.02 Å². The van der Waals surface area contributed by atoms with Gasteiger partial charge in [-0.1, -0.05) is 29.3 Å². The van der Waals surface area contributed by atoms with E-state index in [2.05, 4.69) is 0 Å². The number of nitriles is 1. The van der Waals surface area contributed by atoms with Crippen LogP contribution in [0.15, 0.2) is 46.2 Å². The third kappa shape index (κ3) is 4.26. The van der Waals surface area contributed by atoms with Crippen LogP contribution in [0.5, 0.6) is 11.5 Å². The molecule has 0 aliphatic carbocycles. The Bertz CT molecular complexity index is 979. The predicted molar refractivity (Wildman–Crippen MR) is 96.5 cm³/mol. The zero-order valence-electron chi connectivity index (χ0n) is 13.0. The SMILES string of the molecule is CCOc1cc(/C=C(\C#N)S(=O)(=O)c2cc(Cl)ccc2Cl)ccc1O. The maximum absolute atomic E-state index is 12.7. The normalized spacial score (nSPS) is 11.8. The van der Waals surface area contributed by atoms with Crippen molar-refractivity contribution in [3.8, 4) is 17.6 Å². The van der Waals surface area contributed by atoms with Crippen LogP contribution in [0.3, 0.4) is 0 Å². The fraction of sp³-hybridized carbons (Fsp3) is 0.118. The summed E-state index contributed by atoms with van der Waals surface area (Å²) in [5.41, 5.74) is 0.375. The summed E-state index contributed by atoms with van der Waals surface area (Å²) in [6.07, 6.45) is 1.18. The first-order chi connectivity index (χ1) is 11.8. The van der Waals surface area contributed by atoms with Crippen LogP contribution in [-0.2, 0) is 9.84 Å². The molecule has 0 heterocycles. The molecular formula is C17H13Cl2NO4S. The summed E-state index contributed by atoms with van der Waals surface area (Å²) in [7, 11) is -4.16. The van der Waals surface area contributed by atoms with E-state index in [0.717, 1.165) is 0 Å². The van der Waals surface area contributed by atoms with E-state index in [0.29, 0.717) is 12.2 Å². The third-order valence-corrected chi connectivity index (χ3v) is 5.55. The highest BCUT2D eigenvalue weighted by Crippen LogP contribution is 2.32. The van der Waals surface area contributed by atoms with Gasteiger partial charge in [-0.25, -0.2) is 8.42 Å². The summed E-state index contributed by atoms with van der Waals surface area (Å²) in [6, 6.07) is 9.91. The average Bonchev–Trinajstić information content (AvgIpc) is 2.57. The lowest BCUT2D eigenvalue weighted by Crippen LogP contribution is -2.04. The number of allylic oxidation sites excluding steroid dienone is 1. The van der Waals surface area contributed by atoms with Crippen molar-refractivity contribution < 1.29 is 18.3 Å². The number of rotatable bonds is 5. The van der Waals surface area contributed by atoms with E-state index < -0.39 is 14.7 Å². The molecule has 0 fully saturated rings. The molecule has 0 saturated heterocycles. The first-order valence-electron chi connectivity index (χ1n) is 7.07. The van der Waals surface area contributed by atoms with Crippen LogP contribution in [0.2, 0.25) is 10.0 Å². The number of phenols is 1. The fourth-order valence-electron chi connectivity index (χ4n) is 2.01. The minimum atomic E-state index is -4.16. The molecule has 130 valence electrons. The van der Waals surface area contributed by atoms with Gasteiger partial charge in [-0.2, -0.15) is 5.26 Å². The number of nitrogens with zero attached hydrogens (tertiary/aromatic N) is 1. The van der Waals surface area contributed by atoms with Crippen molar-refractivity contribution in [3.05, 3.63) is 56.9 Å². The van der Waals surface area contributed by atoms with Crippen molar-refractivity contribution in [2.75, 3.05) is 6.61 Å².